The van der Waals surface area contributed by atoms with E-state index in [1.54, 1.807) is 18.2 Å². The first-order valence-corrected chi connectivity index (χ1v) is 13.1. The van der Waals surface area contributed by atoms with Crippen molar-refractivity contribution in [2.75, 3.05) is 6.54 Å². The second-order valence-electron chi connectivity index (χ2n) is 11.4. The minimum atomic E-state index is -5.01. The van der Waals surface area contributed by atoms with Crippen LogP contribution in [0.2, 0.25) is 0 Å². The molecule has 2 aromatic carbocycles. The number of amides is 2. The van der Waals surface area contributed by atoms with Crippen LogP contribution in [-0.4, -0.2) is 29.9 Å². The Labute approximate surface area is 230 Å². The average molecular weight is 572 g/mol. The lowest BCUT2D eigenvalue weighted by Gasteiger charge is -2.42. The van der Waals surface area contributed by atoms with E-state index in [2.05, 4.69) is 16.0 Å². The standard InChI is InChI=1S/C29H35F6N3O2/c1-18(19-14-21(28(30,31)32)16-22(15-19)29(33,34)35)25(40)38-27(20-8-6-5-7-9-20)12-10-23(11-13-27)37-24(39)17-36-26(2,3)4/h5-9,14-16,18,23,36H,10-13,17H2,1-4H3,(H,37,39)(H,38,40)/t18-,23?,27?/m0/s1. The van der Waals surface area contributed by atoms with Crippen molar-refractivity contribution in [1.29, 1.82) is 0 Å². The molecule has 0 aliphatic heterocycles. The Hall–Kier alpha value is -3.08. The van der Waals surface area contributed by atoms with Crippen molar-refractivity contribution in [3.8, 4) is 0 Å². The van der Waals surface area contributed by atoms with Crippen molar-refractivity contribution in [2.24, 2.45) is 0 Å². The predicted molar refractivity (Wildman–Crippen MR) is 139 cm³/mol. The van der Waals surface area contributed by atoms with Crippen molar-refractivity contribution >= 4 is 11.8 Å². The first-order chi connectivity index (χ1) is 18.4. The van der Waals surface area contributed by atoms with Crippen LogP contribution in [0.4, 0.5) is 26.3 Å². The molecule has 0 radical (unpaired) electrons. The van der Waals surface area contributed by atoms with Crippen LogP contribution >= 0.6 is 0 Å². The molecular formula is C29H35F6N3O2. The van der Waals surface area contributed by atoms with Crippen LogP contribution in [0, 0.1) is 0 Å². The molecule has 220 valence electrons. The SMILES string of the molecule is C[C@H](C(=O)NC1(c2ccccc2)CCC(NC(=O)CNC(C)(C)C)CC1)c1cc(C(F)(F)F)cc(C(F)(F)F)c1. The number of halogens is 6. The van der Waals surface area contributed by atoms with Gasteiger partial charge in [0.05, 0.1) is 29.1 Å². The van der Waals surface area contributed by atoms with Crippen LogP contribution in [-0.2, 0) is 27.5 Å². The third kappa shape index (κ3) is 8.22. The molecule has 40 heavy (non-hydrogen) atoms. The molecule has 1 atom stereocenters. The van der Waals surface area contributed by atoms with Gasteiger partial charge in [-0.1, -0.05) is 30.3 Å². The predicted octanol–water partition coefficient (Wildman–Crippen LogP) is 6.29. The number of hydrogen-bond acceptors (Lipinski definition) is 3. The van der Waals surface area contributed by atoms with Crippen LogP contribution in [0.1, 0.15) is 81.5 Å². The second-order valence-corrected chi connectivity index (χ2v) is 11.4. The first kappa shape index (κ1) is 31.4. The monoisotopic (exact) mass is 571 g/mol. The summed E-state index contributed by atoms with van der Waals surface area (Å²) in [7, 11) is 0. The summed E-state index contributed by atoms with van der Waals surface area (Å²) in [6.07, 6.45) is -8.14. The van der Waals surface area contributed by atoms with Crippen LogP contribution in [0.25, 0.3) is 0 Å². The molecule has 2 aromatic rings. The Morgan fingerprint density at radius 2 is 1.43 bits per heavy atom. The van der Waals surface area contributed by atoms with Gasteiger partial charge in [-0.15, -0.1) is 0 Å². The summed E-state index contributed by atoms with van der Waals surface area (Å²) in [6, 6.07) is 10.1. The average Bonchev–Trinajstić information content (AvgIpc) is 2.87. The lowest BCUT2D eigenvalue weighted by molar-refractivity contribution is -0.143. The number of alkyl halides is 6. The summed E-state index contributed by atoms with van der Waals surface area (Å²) in [5.74, 6) is -2.13. The van der Waals surface area contributed by atoms with Crippen molar-refractivity contribution < 1.29 is 35.9 Å². The highest BCUT2D eigenvalue weighted by Crippen LogP contribution is 2.40. The molecule has 1 aliphatic rings. The van der Waals surface area contributed by atoms with Crippen molar-refractivity contribution in [3.05, 3.63) is 70.8 Å². The number of rotatable bonds is 7. The molecule has 0 bridgehead atoms. The van der Waals surface area contributed by atoms with Gasteiger partial charge >= 0.3 is 12.4 Å². The topological polar surface area (TPSA) is 70.2 Å². The summed E-state index contributed by atoms with van der Waals surface area (Å²) in [6.45, 7) is 7.28. The minimum absolute atomic E-state index is 0.0478. The maximum Gasteiger partial charge on any atom is 0.416 e. The highest BCUT2D eigenvalue weighted by atomic mass is 19.4. The van der Waals surface area contributed by atoms with E-state index >= 15 is 0 Å². The lowest BCUT2D eigenvalue weighted by Crippen LogP contribution is -2.53. The van der Waals surface area contributed by atoms with Gasteiger partial charge in [0.25, 0.3) is 0 Å². The van der Waals surface area contributed by atoms with Crippen molar-refractivity contribution in [3.63, 3.8) is 0 Å². The molecule has 0 unspecified atom stereocenters. The van der Waals surface area contributed by atoms with Gasteiger partial charge in [-0.2, -0.15) is 26.3 Å². The van der Waals surface area contributed by atoms with E-state index < -0.39 is 40.8 Å². The number of carbonyl (C=O) groups is 2. The fraction of sp³-hybridized carbons (Fsp3) is 0.517. The van der Waals surface area contributed by atoms with Gasteiger partial charge in [-0.05, 0) is 82.7 Å². The van der Waals surface area contributed by atoms with Gasteiger partial charge in [-0.25, -0.2) is 0 Å². The van der Waals surface area contributed by atoms with Crippen LogP contribution in [0.15, 0.2) is 48.5 Å². The molecule has 1 fully saturated rings. The zero-order valence-corrected chi connectivity index (χ0v) is 22.9. The summed E-state index contributed by atoms with van der Waals surface area (Å²) < 4.78 is 80.3. The first-order valence-electron chi connectivity index (χ1n) is 13.1. The number of carbonyl (C=O) groups excluding carboxylic acids is 2. The molecule has 1 aliphatic carbocycles. The van der Waals surface area contributed by atoms with E-state index in [9.17, 15) is 35.9 Å². The number of nitrogens with one attached hydrogen (secondary N) is 3. The Morgan fingerprint density at radius 1 is 0.900 bits per heavy atom. The molecular weight excluding hydrogens is 536 g/mol. The van der Waals surface area contributed by atoms with Crippen LogP contribution in [0.5, 0.6) is 0 Å². The van der Waals surface area contributed by atoms with Gasteiger partial charge in [0.2, 0.25) is 11.8 Å². The van der Waals surface area contributed by atoms with E-state index in [0.29, 0.717) is 37.8 Å². The van der Waals surface area contributed by atoms with Gasteiger partial charge in [0, 0.05) is 11.6 Å². The molecule has 0 aromatic heterocycles. The largest absolute Gasteiger partial charge is 0.416 e. The maximum atomic E-state index is 13.4. The van der Waals surface area contributed by atoms with Crippen molar-refractivity contribution in [1.82, 2.24) is 16.0 Å². The zero-order valence-electron chi connectivity index (χ0n) is 22.9. The zero-order chi connectivity index (χ0) is 29.9. The van der Waals surface area contributed by atoms with E-state index in [4.69, 9.17) is 0 Å². The fourth-order valence-electron chi connectivity index (χ4n) is 4.85. The van der Waals surface area contributed by atoms with Gasteiger partial charge in [0.1, 0.15) is 0 Å². The van der Waals surface area contributed by atoms with E-state index in [0.717, 1.165) is 5.56 Å². The summed E-state index contributed by atoms with van der Waals surface area (Å²) >= 11 is 0. The molecule has 0 heterocycles. The molecule has 2 amide bonds. The van der Waals surface area contributed by atoms with Crippen LogP contribution in [0.3, 0.4) is 0 Å². The quantitative estimate of drug-likeness (QED) is 0.343. The van der Waals surface area contributed by atoms with Gasteiger partial charge < -0.3 is 16.0 Å². The third-order valence-corrected chi connectivity index (χ3v) is 7.18. The molecule has 3 N–H and O–H groups in total. The Bertz CT molecular complexity index is 1150. The fourth-order valence-corrected chi connectivity index (χ4v) is 4.85. The van der Waals surface area contributed by atoms with E-state index in [1.807, 2.05) is 32.9 Å². The second kappa shape index (κ2) is 11.8. The Balaban J connectivity index is 1.82. The highest BCUT2D eigenvalue weighted by molar-refractivity contribution is 5.84. The smallest absolute Gasteiger partial charge is 0.352 e. The normalized spacial score (nSPS) is 21.0. The number of benzene rings is 2. The van der Waals surface area contributed by atoms with Gasteiger partial charge in [-0.3, -0.25) is 9.59 Å². The molecule has 1 saturated carbocycles. The molecule has 0 saturated heterocycles. The molecule has 11 heteroatoms. The summed E-state index contributed by atoms with van der Waals surface area (Å²) in [5.41, 5.74) is -3.66. The van der Waals surface area contributed by atoms with Crippen molar-refractivity contribution in [2.45, 2.75) is 88.8 Å². The lowest BCUT2D eigenvalue weighted by atomic mass is 9.74. The number of hydrogen-bond donors (Lipinski definition) is 3. The summed E-state index contributed by atoms with van der Waals surface area (Å²) in [4.78, 5) is 25.8. The van der Waals surface area contributed by atoms with E-state index in [1.165, 1.54) is 6.92 Å². The molecule has 3 rings (SSSR count). The van der Waals surface area contributed by atoms with E-state index in [-0.39, 0.29) is 35.7 Å². The summed E-state index contributed by atoms with van der Waals surface area (Å²) in [5, 5.41) is 9.08. The van der Waals surface area contributed by atoms with Crippen LogP contribution < -0.4 is 16.0 Å². The Morgan fingerprint density at radius 3 is 1.90 bits per heavy atom. The molecule has 5 nitrogen and oxygen atoms in total. The third-order valence-electron chi connectivity index (χ3n) is 7.18. The maximum absolute atomic E-state index is 13.4. The highest BCUT2D eigenvalue weighted by Gasteiger charge is 2.41. The Kier molecular flexibility index (Phi) is 9.28. The molecule has 0 spiro atoms. The van der Waals surface area contributed by atoms with Gasteiger partial charge in [0.15, 0.2) is 0 Å². The minimum Gasteiger partial charge on any atom is -0.352 e.